The van der Waals surface area contributed by atoms with Gasteiger partial charge in [0.05, 0.1) is 12.3 Å². The van der Waals surface area contributed by atoms with Gasteiger partial charge in [0.25, 0.3) is 0 Å². The molecule has 3 heteroatoms. The molecule has 1 aliphatic carbocycles. The molecule has 1 aliphatic rings. The summed E-state index contributed by atoms with van der Waals surface area (Å²) < 4.78 is 0. The highest BCUT2D eigenvalue weighted by Crippen LogP contribution is 2.38. The number of aromatic nitrogens is 1. The van der Waals surface area contributed by atoms with Crippen LogP contribution in [0.1, 0.15) is 34.2 Å². The molecule has 0 amide bonds. The summed E-state index contributed by atoms with van der Waals surface area (Å²) in [6.45, 7) is 0.0465. The SMILES string of the molecule is OCc1csc(C2CCc3ccccc32)n1. The molecule has 1 heterocycles. The first kappa shape index (κ1) is 10.00. The van der Waals surface area contributed by atoms with Crippen molar-refractivity contribution in [1.29, 1.82) is 0 Å². The summed E-state index contributed by atoms with van der Waals surface area (Å²) in [7, 11) is 0. The minimum absolute atomic E-state index is 0.0465. The minimum atomic E-state index is 0.0465. The smallest absolute Gasteiger partial charge is 0.100 e. The zero-order chi connectivity index (χ0) is 11.0. The second-order valence-electron chi connectivity index (χ2n) is 4.13. The third-order valence-corrected chi connectivity index (χ3v) is 4.17. The van der Waals surface area contributed by atoms with Crippen molar-refractivity contribution < 1.29 is 5.11 Å². The number of rotatable bonds is 2. The summed E-state index contributed by atoms with van der Waals surface area (Å²) in [4.78, 5) is 4.48. The largest absolute Gasteiger partial charge is 0.390 e. The van der Waals surface area contributed by atoms with Crippen molar-refractivity contribution in [2.24, 2.45) is 0 Å². The van der Waals surface area contributed by atoms with Crippen molar-refractivity contribution in [2.45, 2.75) is 25.4 Å². The predicted octanol–water partition coefficient (Wildman–Crippen LogP) is 2.71. The fourth-order valence-electron chi connectivity index (χ4n) is 2.37. The Morgan fingerprint density at radius 1 is 1.38 bits per heavy atom. The van der Waals surface area contributed by atoms with Gasteiger partial charge >= 0.3 is 0 Å². The summed E-state index contributed by atoms with van der Waals surface area (Å²) in [6.07, 6.45) is 2.30. The molecule has 1 N–H and O–H groups in total. The molecule has 16 heavy (non-hydrogen) atoms. The lowest BCUT2D eigenvalue weighted by molar-refractivity contribution is 0.277. The lowest BCUT2D eigenvalue weighted by atomic mass is 10.0. The number of aliphatic hydroxyl groups is 1. The van der Waals surface area contributed by atoms with Crippen molar-refractivity contribution in [3.05, 3.63) is 51.5 Å². The van der Waals surface area contributed by atoms with Crippen molar-refractivity contribution in [3.8, 4) is 0 Å². The molecule has 1 aromatic heterocycles. The number of hydrogen-bond donors (Lipinski definition) is 1. The molecule has 0 aliphatic heterocycles. The Balaban J connectivity index is 1.98. The second-order valence-corrected chi connectivity index (χ2v) is 5.01. The fourth-order valence-corrected chi connectivity index (χ4v) is 3.33. The van der Waals surface area contributed by atoms with Crippen LogP contribution in [0.4, 0.5) is 0 Å². The summed E-state index contributed by atoms with van der Waals surface area (Å²) in [5.41, 5.74) is 3.67. The molecular weight excluding hydrogens is 218 g/mol. The molecular formula is C13H13NOS. The van der Waals surface area contributed by atoms with Crippen molar-refractivity contribution in [1.82, 2.24) is 4.98 Å². The number of thiazole rings is 1. The van der Waals surface area contributed by atoms with Crippen molar-refractivity contribution in [3.63, 3.8) is 0 Å². The molecule has 1 atom stereocenters. The van der Waals surface area contributed by atoms with E-state index in [4.69, 9.17) is 5.11 Å². The van der Waals surface area contributed by atoms with E-state index >= 15 is 0 Å². The van der Waals surface area contributed by atoms with Crippen molar-refractivity contribution >= 4 is 11.3 Å². The summed E-state index contributed by atoms with van der Waals surface area (Å²) in [6, 6.07) is 8.60. The van der Waals surface area contributed by atoms with Gasteiger partial charge in [-0.05, 0) is 24.0 Å². The van der Waals surface area contributed by atoms with Crippen LogP contribution in [0.25, 0.3) is 0 Å². The van der Waals surface area contributed by atoms with Crippen LogP contribution in [-0.4, -0.2) is 10.1 Å². The maximum atomic E-state index is 9.03. The Kier molecular flexibility index (Phi) is 2.50. The molecule has 0 bridgehead atoms. The van der Waals surface area contributed by atoms with Gasteiger partial charge < -0.3 is 5.11 Å². The van der Waals surface area contributed by atoms with Gasteiger partial charge in [-0.3, -0.25) is 0 Å². The first-order valence-corrected chi connectivity index (χ1v) is 6.39. The molecule has 2 nitrogen and oxygen atoms in total. The van der Waals surface area contributed by atoms with Crippen LogP contribution in [0, 0.1) is 0 Å². The zero-order valence-electron chi connectivity index (χ0n) is 8.89. The average Bonchev–Trinajstić information content (AvgIpc) is 2.94. The van der Waals surface area contributed by atoms with Crippen LogP contribution in [0.2, 0.25) is 0 Å². The summed E-state index contributed by atoms with van der Waals surface area (Å²) in [5, 5.41) is 12.1. The number of fused-ring (bicyclic) bond motifs is 1. The number of hydrogen-bond acceptors (Lipinski definition) is 3. The average molecular weight is 231 g/mol. The summed E-state index contributed by atoms with van der Waals surface area (Å²) >= 11 is 1.66. The quantitative estimate of drug-likeness (QED) is 0.862. The first-order chi connectivity index (χ1) is 7.88. The molecule has 0 fully saturated rings. The third kappa shape index (κ3) is 1.56. The van der Waals surface area contributed by atoms with E-state index in [1.54, 1.807) is 11.3 Å². The van der Waals surface area contributed by atoms with Gasteiger partial charge in [0, 0.05) is 11.3 Å². The van der Waals surface area contributed by atoms with Crippen LogP contribution < -0.4 is 0 Å². The third-order valence-electron chi connectivity index (χ3n) is 3.16. The Morgan fingerprint density at radius 2 is 2.25 bits per heavy atom. The van der Waals surface area contributed by atoms with Crippen molar-refractivity contribution in [2.75, 3.05) is 0 Å². The monoisotopic (exact) mass is 231 g/mol. The highest BCUT2D eigenvalue weighted by molar-refractivity contribution is 7.09. The zero-order valence-corrected chi connectivity index (χ0v) is 9.70. The Labute approximate surface area is 98.6 Å². The lowest BCUT2D eigenvalue weighted by Gasteiger charge is -2.07. The summed E-state index contributed by atoms with van der Waals surface area (Å²) in [5.74, 6) is 0.446. The van der Waals surface area contributed by atoms with Gasteiger partial charge in [-0.1, -0.05) is 24.3 Å². The number of aliphatic hydroxyl groups excluding tert-OH is 1. The molecule has 2 aromatic rings. The van der Waals surface area contributed by atoms with E-state index in [1.807, 2.05) is 5.38 Å². The van der Waals surface area contributed by atoms with E-state index < -0.39 is 0 Å². The number of aryl methyl sites for hydroxylation is 1. The van der Waals surface area contributed by atoms with E-state index in [2.05, 4.69) is 29.2 Å². The molecule has 0 saturated heterocycles. The van der Waals surface area contributed by atoms with E-state index in [0.29, 0.717) is 5.92 Å². The highest BCUT2D eigenvalue weighted by atomic mass is 32.1. The van der Waals surface area contributed by atoms with E-state index in [9.17, 15) is 0 Å². The van der Waals surface area contributed by atoms with E-state index in [1.165, 1.54) is 11.1 Å². The predicted molar refractivity (Wildman–Crippen MR) is 64.6 cm³/mol. The van der Waals surface area contributed by atoms with E-state index in [-0.39, 0.29) is 6.61 Å². The Hall–Kier alpha value is -1.19. The van der Waals surface area contributed by atoms with Gasteiger partial charge in [0.15, 0.2) is 0 Å². The molecule has 0 spiro atoms. The maximum absolute atomic E-state index is 9.03. The first-order valence-electron chi connectivity index (χ1n) is 5.51. The molecule has 1 unspecified atom stereocenters. The molecule has 0 saturated carbocycles. The fraction of sp³-hybridized carbons (Fsp3) is 0.308. The Morgan fingerprint density at radius 3 is 3.06 bits per heavy atom. The normalized spacial score (nSPS) is 18.7. The molecule has 1 aromatic carbocycles. The van der Waals surface area contributed by atoms with Gasteiger partial charge in [0.1, 0.15) is 5.01 Å². The Bertz CT molecular complexity index is 506. The van der Waals surface area contributed by atoms with Crippen LogP contribution >= 0.6 is 11.3 Å². The highest BCUT2D eigenvalue weighted by Gasteiger charge is 2.25. The topological polar surface area (TPSA) is 33.1 Å². The molecule has 82 valence electrons. The minimum Gasteiger partial charge on any atom is -0.390 e. The number of nitrogens with zero attached hydrogens (tertiary/aromatic N) is 1. The lowest BCUT2D eigenvalue weighted by Crippen LogP contribution is -1.96. The van der Waals surface area contributed by atoms with Crippen LogP contribution in [0.5, 0.6) is 0 Å². The van der Waals surface area contributed by atoms with Gasteiger partial charge in [-0.15, -0.1) is 11.3 Å². The van der Waals surface area contributed by atoms with Gasteiger partial charge in [-0.25, -0.2) is 4.98 Å². The van der Waals surface area contributed by atoms with Gasteiger partial charge in [-0.2, -0.15) is 0 Å². The number of benzene rings is 1. The molecule has 3 rings (SSSR count). The standard InChI is InChI=1S/C13H13NOS/c15-7-10-8-16-13(14-10)12-6-5-9-3-1-2-4-11(9)12/h1-4,8,12,15H,5-7H2. The van der Waals surface area contributed by atoms with E-state index in [0.717, 1.165) is 23.5 Å². The van der Waals surface area contributed by atoms with Crippen LogP contribution in [-0.2, 0) is 13.0 Å². The van der Waals surface area contributed by atoms with Gasteiger partial charge in [0.2, 0.25) is 0 Å². The second kappa shape index (κ2) is 4.00. The van der Waals surface area contributed by atoms with Crippen LogP contribution in [0.15, 0.2) is 29.6 Å². The van der Waals surface area contributed by atoms with Crippen LogP contribution in [0.3, 0.4) is 0 Å². The molecule has 0 radical (unpaired) electrons. The maximum Gasteiger partial charge on any atom is 0.100 e.